The molecule has 2 rings (SSSR count). The monoisotopic (exact) mass is 319 g/mol. The van der Waals surface area contributed by atoms with Gasteiger partial charge in [-0.2, -0.15) is 0 Å². The van der Waals surface area contributed by atoms with Crippen molar-refractivity contribution in [2.24, 2.45) is 5.92 Å². The summed E-state index contributed by atoms with van der Waals surface area (Å²) in [6.45, 7) is 1.69. The Hall–Kier alpha value is -2.08. The number of carbonyl (C=O) groups is 2. The van der Waals surface area contributed by atoms with Crippen molar-refractivity contribution in [2.45, 2.75) is 25.9 Å². The number of benzene rings is 1. The van der Waals surface area contributed by atoms with Crippen LogP contribution in [-0.2, 0) is 16.1 Å². The Morgan fingerprint density at radius 2 is 2.09 bits per heavy atom. The number of nitrogens with one attached hydrogen (secondary N) is 2. The third-order valence-corrected chi connectivity index (χ3v) is 3.63. The van der Waals surface area contributed by atoms with Gasteiger partial charge in [0.1, 0.15) is 0 Å². The van der Waals surface area contributed by atoms with Gasteiger partial charge >= 0.3 is 6.03 Å². The topological polar surface area (TPSA) is 70.7 Å². The summed E-state index contributed by atoms with van der Waals surface area (Å²) in [5.41, 5.74) is 1.75. The van der Waals surface area contributed by atoms with E-state index in [2.05, 4.69) is 10.6 Å². The van der Waals surface area contributed by atoms with Crippen LogP contribution < -0.4 is 10.6 Å². The Kier molecular flexibility index (Phi) is 6.40. The normalized spacial score (nSPS) is 13.5. The number of anilines is 1. The van der Waals surface area contributed by atoms with Crippen molar-refractivity contribution in [3.8, 4) is 0 Å². The average Bonchev–Trinajstić information content (AvgIpc) is 3.31. The van der Waals surface area contributed by atoms with Gasteiger partial charge in [0.15, 0.2) is 0 Å². The van der Waals surface area contributed by atoms with E-state index < -0.39 is 0 Å². The van der Waals surface area contributed by atoms with E-state index in [0.29, 0.717) is 18.8 Å². The minimum absolute atomic E-state index is 0.0138. The molecule has 0 atom stereocenters. The average molecular weight is 319 g/mol. The summed E-state index contributed by atoms with van der Waals surface area (Å²) in [7, 11) is 3.39. The van der Waals surface area contributed by atoms with Gasteiger partial charge < -0.3 is 20.3 Å². The van der Waals surface area contributed by atoms with E-state index in [1.165, 1.54) is 17.7 Å². The van der Waals surface area contributed by atoms with Crippen LogP contribution in [0.3, 0.4) is 0 Å². The predicted molar refractivity (Wildman–Crippen MR) is 89.2 cm³/mol. The number of nitrogens with zero attached hydrogens (tertiary/aromatic N) is 1. The first kappa shape index (κ1) is 17.3. The number of hydrogen-bond acceptors (Lipinski definition) is 3. The van der Waals surface area contributed by atoms with Gasteiger partial charge in [-0.05, 0) is 36.5 Å². The molecule has 126 valence electrons. The Morgan fingerprint density at radius 1 is 1.30 bits per heavy atom. The molecule has 2 N–H and O–H groups in total. The summed E-state index contributed by atoms with van der Waals surface area (Å²) >= 11 is 0. The second kappa shape index (κ2) is 8.53. The third kappa shape index (κ3) is 6.69. The van der Waals surface area contributed by atoms with Crippen molar-refractivity contribution in [3.63, 3.8) is 0 Å². The van der Waals surface area contributed by atoms with Crippen LogP contribution in [0.25, 0.3) is 0 Å². The lowest BCUT2D eigenvalue weighted by Crippen LogP contribution is -2.33. The summed E-state index contributed by atoms with van der Waals surface area (Å²) in [5, 5.41) is 5.44. The highest BCUT2D eigenvalue weighted by molar-refractivity contribution is 5.89. The summed E-state index contributed by atoms with van der Waals surface area (Å²) in [5.74, 6) is 0.729. The van der Waals surface area contributed by atoms with Crippen LogP contribution in [-0.4, -0.2) is 44.1 Å². The zero-order valence-electron chi connectivity index (χ0n) is 13.8. The first-order valence-electron chi connectivity index (χ1n) is 7.96. The van der Waals surface area contributed by atoms with Crippen molar-refractivity contribution in [3.05, 3.63) is 29.8 Å². The van der Waals surface area contributed by atoms with Crippen molar-refractivity contribution in [2.75, 3.05) is 32.6 Å². The smallest absolute Gasteiger partial charge is 0.319 e. The van der Waals surface area contributed by atoms with Crippen molar-refractivity contribution >= 4 is 17.6 Å². The van der Waals surface area contributed by atoms with Gasteiger partial charge in [0.05, 0.1) is 6.61 Å². The number of hydrogen-bond donors (Lipinski definition) is 2. The number of carbonyl (C=O) groups excluding carboxylic acids is 2. The molecule has 1 fully saturated rings. The predicted octanol–water partition coefficient (Wildman–Crippen LogP) is 2.21. The number of rotatable bonds is 8. The maximum atomic E-state index is 11.8. The molecule has 3 amide bonds. The molecule has 6 nitrogen and oxygen atoms in total. The third-order valence-electron chi connectivity index (χ3n) is 3.63. The zero-order chi connectivity index (χ0) is 16.7. The molecule has 1 aromatic carbocycles. The van der Waals surface area contributed by atoms with Crippen LogP contribution >= 0.6 is 0 Å². The van der Waals surface area contributed by atoms with Crippen LogP contribution in [0.4, 0.5) is 10.5 Å². The lowest BCUT2D eigenvalue weighted by Gasteiger charge is -2.11. The summed E-state index contributed by atoms with van der Waals surface area (Å²) < 4.78 is 5.65. The van der Waals surface area contributed by atoms with Gasteiger partial charge in [0.2, 0.25) is 5.91 Å². The van der Waals surface area contributed by atoms with Gasteiger partial charge in [0, 0.05) is 39.4 Å². The van der Waals surface area contributed by atoms with E-state index >= 15 is 0 Å². The first-order chi connectivity index (χ1) is 11.0. The van der Waals surface area contributed by atoms with Gasteiger partial charge in [0.25, 0.3) is 0 Å². The Balaban J connectivity index is 1.70. The second-order valence-corrected chi connectivity index (χ2v) is 6.08. The van der Waals surface area contributed by atoms with Crippen LogP contribution in [0, 0.1) is 5.92 Å². The standard InChI is InChI=1S/C17H25N3O3/c1-20(2)16(21)8-9-18-17(22)19-15-5-3-4-14(10-15)12-23-11-13-6-7-13/h3-5,10,13H,6-9,11-12H2,1-2H3,(H2,18,19,22). The fourth-order valence-electron chi connectivity index (χ4n) is 2.05. The molecule has 0 heterocycles. The number of ether oxygens (including phenoxy) is 1. The van der Waals surface area contributed by atoms with Crippen LogP contribution in [0.1, 0.15) is 24.8 Å². The fraction of sp³-hybridized carbons (Fsp3) is 0.529. The summed E-state index contributed by atoms with van der Waals surface area (Å²) in [4.78, 5) is 24.7. The molecule has 0 aromatic heterocycles. The molecule has 0 unspecified atom stereocenters. The van der Waals surface area contributed by atoms with Crippen molar-refractivity contribution < 1.29 is 14.3 Å². The molecular weight excluding hydrogens is 294 g/mol. The molecule has 1 aromatic rings. The Morgan fingerprint density at radius 3 is 2.78 bits per heavy atom. The molecule has 6 heteroatoms. The van der Waals surface area contributed by atoms with E-state index in [0.717, 1.165) is 18.1 Å². The van der Waals surface area contributed by atoms with Gasteiger partial charge in [-0.3, -0.25) is 4.79 Å². The molecule has 0 radical (unpaired) electrons. The fourth-order valence-corrected chi connectivity index (χ4v) is 2.05. The highest BCUT2D eigenvalue weighted by atomic mass is 16.5. The van der Waals surface area contributed by atoms with E-state index in [1.54, 1.807) is 14.1 Å². The molecule has 0 bridgehead atoms. The highest BCUT2D eigenvalue weighted by Gasteiger charge is 2.21. The van der Waals surface area contributed by atoms with Gasteiger partial charge in [-0.25, -0.2) is 4.79 Å². The molecular formula is C17H25N3O3. The SMILES string of the molecule is CN(C)C(=O)CCNC(=O)Nc1cccc(COCC2CC2)c1. The largest absolute Gasteiger partial charge is 0.376 e. The van der Waals surface area contributed by atoms with Crippen LogP contribution in [0.5, 0.6) is 0 Å². The lowest BCUT2D eigenvalue weighted by atomic mass is 10.2. The van der Waals surface area contributed by atoms with Gasteiger partial charge in [-0.15, -0.1) is 0 Å². The molecule has 1 saturated carbocycles. The highest BCUT2D eigenvalue weighted by Crippen LogP contribution is 2.29. The maximum Gasteiger partial charge on any atom is 0.319 e. The lowest BCUT2D eigenvalue weighted by molar-refractivity contribution is -0.128. The zero-order valence-corrected chi connectivity index (χ0v) is 13.8. The number of amides is 3. The molecule has 0 aliphatic heterocycles. The van der Waals surface area contributed by atoms with Gasteiger partial charge in [-0.1, -0.05) is 12.1 Å². The minimum Gasteiger partial charge on any atom is -0.376 e. The van der Waals surface area contributed by atoms with E-state index in [-0.39, 0.29) is 18.4 Å². The maximum absolute atomic E-state index is 11.8. The number of urea groups is 1. The quantitative estimate of drug-likeness (QED) is 0.772. The van der Waals surface area contributed by atoms with Crippen LogP contribution in [0.2, 0.25) is 0 Å². The van der Waals surface area contributed by atoms with E-state index in [4.69, 9.17) is 4.74 Å². The first-order valence-corrected chi connectivity index (χ1v) is 7.96. The van der Waals surface area contributed by atoms with E-state index in [1.807, 2.05) is 24.3 Å². The summed E-state index contributed by atoms with van der Waals surface area (Å²) in [6.07, 6.45) is 2.84. The molecule has 0 spiro atoms. The Labute approximate surface area is 137 Å². The molecule has 23 heavy (non-hydrogen) atoms. The van der Waals surface area contributed by atoms with Crippen molar-refractivity contribution in [1.82, 2.24) is 10.2 Å². The molecule has 1 aliphatic rings. The van der Waals surface area contributed by atoms with Crippen molar-refractivity contribution in [1.29, 1.82) is 0 Å². The van der Waals surface area contributed by atoms with Crippen LogP contribution in [0.15, 0.2) is 24.3 Å². The van der Waals surface area contributed by atoms with E-state index in [9.17, 15) is 9.59 Å². The molecule has 0 saturated heterocycles. The Bertz CT molecular complexity index is 542. The molecule has 1 aliphatic carbocycles. The summed E-state index contributed by atoms with van der Waals surface area (Å²) in [6, 6.07) is 7.28. The second-order valence-electron chi connectivity index (χ2n) is 6.08. The minimum atomic E-state index is -0.312.